The van der Waals surface area contributed by atoms with Crippen molar-refractivity contribution in [2.24, 2.45) is 12.8 Å². The van der Waals surface area contributed by atoms with Gasteiger partial charge in [0.1, 0.15) is 5.82 Å². The minimum Gasteiger partial charge on any atom is -0.324 e. The Morgan fingerprint density at radius 2 is 2.29 bits per heavy atom. The molecule has 1 unspecified atom stereocenters. The summed E-state index contributed by atoms with van der Waals surface area (Å²) in [5.74, 6) is -0.249. The van der Waals surface area contributed by atoms with Gasteiger partial charge in [0.15, 0.2) is 0 Å². The second-order valence-electron chi connectivity index (χ2n) is 3.99. The molecule has 0 bridgehead atoms. The van der Waals surface area contributed by atoms with Crippen molar-refractivity contribution in [1.29, 1.82) is 0 Å². The zero-order chi connectivity index (χ0) is 12.4. The highest BCUT2D eigenvalue weighted by atomic mass is 79.9. The predicted octanol–water partition coefficient (Wildman–Crippen LogP) is 2.56. The van der Waals surface area contributed by atoms with Crippen molar-refractivity contribution in [1.82, 2.24) is 9.78 Å². The smallest absolute Gasteiger partial charge is 0.123 e. The largest absolute Gasteiger partial charge is 0.324 e. The van der Waals surface area contributed by atoms with Crippen molar-refractivity contribution in [2.75, 3.05) is 0 Å². The minimum absolute atomic E-state index is 0.179. The second kappa shape index (κ2) is 4.98. The van der Waals surface area contributed by atoms with Crippen molar-refractivity contribution in [3.8, 4) is 0 Å². The Labute approximate surface area is 108 Å². The Hall–Kier alpha value is -1.20. The molecule has 0 saturated heterocycles. The van der Waals surface area contributed by atoms with Gasteiger partial charge in [0.2, 0.25) is 0 Å². The van der Waals surface area contributed by atoms with Crippen LogP contribution in [-0.4, -0.2) is 9.78 Å². The van der Waals surface area contributed by atoms with Crippen LogP contribution in [0.3, 0.4) is 0 Å². The highest BCUT2D eigenvalue weighted by Gasteiger charge is 2.11. The van der Waals surface area contributed by atoms with Crippen molar-refractivity contribution in [3.63, 3.8) is 0 Å². The van der Waals surface area contributed by atoms with E-state index in [9.17, 15) is 4.39 Å². The van der Waals surface area contributed by atoms with Crippen LogP contribution < -0.4 is 5.73 Å². The molecule has 2 N–H and O–H groups in total. The molecule has 0 aliphatic rings. The van der Waals surface area contributed by atoms with E-state index >= 15 is 0 Å². The fourth-order valence-corrected chi connectivity index (χ4v) is 2.09. The molecule has 90 valence electrons. The van der Waals surface area contributed by atoms with E-state index in [0.29, 0.717) is 6.42 Å². The van der Waals surface area contributed by atoms with Crippen molar-refractivity contribution in [2.45, 2.75) is 12.5 Å². The summed E-state index contributed by atoms with van der Waals surface area (Å²) in [5, 5.41) is 4.07. The maximum Gasteiger partial charge on any atom is 0.123 e. The summed E-state index contributed by atoms with van der Waals surface area (Å²) in [6.07, 6.45) is 4.18. The minimum atomic E-state index is -0.249. The quantitative estimate of drug-likeness (QED) is 0.946. The van der Waals surface area contributed by atoms with Crippen molar-refractivity contribution in [3.05, 3.63) is 52.0 Å². The Bertz CT molecular complexity index is 524. The summed E-state index contributed by atoms with van der Waals surface area (Å²) in [6, 6.07) is 4.44. The molecule has 0 aliphatic carbocycles. The lowest BCUT2D eigenvalue weighted by molar-refractivity contribution is 0.621. The molecule has 1 aromatic carbocycles. The SMILES string of the molecule is Cn1cc(C(N)Cc2cc(F)ccc2Br)cn1. The first kappa shape index (κ1) is 12.3. The highest BCUT2D eigenvalue weighted by Crippen LogP contribution is 2.23. The number of aromatic nitrogens is 2. The third kappa shape index (κ3) is 2.92. The summed E-state index contributed by atoms with van der Waals surface area (Å²) in [4.78, 5) is 0. The number of benzene rings is 1. The molecular weight excluding hydrogens is 285 g/mol. The van der Waals surface area contributed by atoms with E-state index in [2.05, 4.69) is 21.0 Å². The van der Waals surface area contributed by atoms with E-state index in [4.69, 9.17) is 5.73 Å². The van der Waals surface area contributed by atoms with Gasteiger partial charge in [0.25, 0.3) is 0 Å². The maximum atomic E-state index is 13.1. The third-order valence-electron chi connectivity index (χ3n) is 2.60. The number of hydrogen-bond donors (Lipinski definition) is 1. The van der Waals surface area contributed by atoms with Gasteiger partial charge in [-0.3, -0.25) is 4.68 Å². The molecule has 1 heterocycles. The Morgan fingerprint density at radius 3 is 2.94 bits per heavy atom. The molecule has 2 aromatic rings. The molecule has 0 spiro atoms. The lowest BCUT2D eigenvalue weighted by atomic mass is 10.0. The van der Waals surface area contributed by atoms with Crippen LogP contribution in [0.4, 0.5) is 4.39 Å². The van der Waals surface area contributed by atoms with Gasteiger partial charge in [-0.25, -0.2) is 4.39 Å². The standard InChI is InChI=1S/C12H13BrFN3/c1-17-7-9(6-16-17)12(15)5-8-4-10(14)2-3-11(8)13/h2-4,6-7,12H,5,15H2,1H3. The number of halogens is 2. The van der Waals surface area contributed by atoms with Gasteiger partial charge in [0.05, 0.1) is 6.20 Å². The van der Waals surface area contributed by atoms with Gasteiger partial charge in [-0.15, -0.1) is 0 Å². The van der Waals surface area contributed by atoms with E-state index in [1.165, 1.54) is 12.1 Å². The first-order chi connectivity index (χ1) is 8.06. The Kier molecular flexibility index (Phi) is 3.59. The molecule has 5 heteroatoms. The molecular formula is C12H13BrFN3. The van der Waals surface area contributed by atoms with Gasteiger partial charge in [-0.2, -0.15) is 5.10 Å². The highest BCUT2D eigenvalue weighted by molar-refractivity contribution is 9.10. The predicted molar refractivity (Wildman–Crippen MR) is 67.9 cm³/mol. The molecule has 3 nitrogen and oxygen atoms in total. The van der Waals surface area contributed by atoms with Crippen LogP contribution in [0.2, 0.25) is 0 Å². The average Bonchev–Trinajstić information content (AvgIpc) is 2.70. The lowest BCUT2D eigenvalue weighted by Crippen LogP contribution is -2.13. The van der Waals surface area contributed by atoms with Crippen LogP contribution in [0, 0.1) is 5.82 Å². The first-order valence-corrected chi connectivity index (χ1v) is 6.03. The van der Waals surface area contributed by atoms with Crippen LogP contribution >= 0.6 is 15.9 Å². The number of nitrogens with zero attached hydrogens (tertiary/aromatic N) is 2. The van der Waals surface area contributed by atoms with E-state index in [-0.39, 0.29) is 11.9 Å². The Balaban J connectivity index is 2.18. The monoisotopic (exact) mass is 297 g/mol. The topological polar surface area (TPSA) is 43.8 Å². The summed E-state index contributed by atoms with van der Waals surface area (Å²) in [6.45, 7) is 0. The third-order valence-corrected chi connectivity index (χ3v) is 3.37. The van der Waals surface area contributed by atoms with Gasteiger partial charge in [0, 0.05) is 29.3 Å². The van der Waals surface area contributed by atoms with Crippen LogP contribution in [0.1, 0.15) is 17.2 Å². The van der Waals surface area contributed by atoms with E-state index in [0.717, 1.165) is 15.6 Å². The summed E-state index contributed by atoms with van der Waals surface area (Å²) in [7, 11) is 1.84. The molecule has 0 saturated carbocycles. The van der Waals surface area contributed by atoms with Gasteiger partial charge >= 0.3 is 0 Å². The van der Waals surface area contributed by atoms with E-state index in [1.807, 2.05) is 13.2 Å². The summed E-state index contributed by atoms with van der Waals surface area (Å²) >= 11 is 3.39. The molecule has 17 heavy (non-hydrogen) atoms. The van der Waals surface area contributed by atoms with Crippen molar-refractivity contribution < 1.29 is 4.39 Å². The number of hydrogen-bond acceptors (Lipinski definition) is 2. The molecule has 1 atom stereocenters. The first-order valence-electron chi connectivity index (χ1n) is 5.24. The van der Waals surface area contributed by atoms with E-state index < -0.39 is 0 Å². The zero-order valence-corrected chi connectivity index (χ0v) is 11.0. The molecule has 0 amide bonds. The van der Waals surface area contributed by atoms with E-state index in [1.54, 1.807) is 16.9 Å². The van der Waals surface area contributed by atoms with Crippen molar-refractivity contribution >= 4 is 15.9 Å². The fraction of sp³-hybridized carbons (Fsp3) is 0.250. The number of aryl methyl sites for hydroxylation is 1. The lowest BCUT2D eigenvalue weighted by Gasteiger charge is -2.11. The number of rotatable bonds is 3. The van der Waals surface area contributed by atoms with Gasteiger partial charge in [-0.05, 0) is 30.2 Å². The van der Waals surface area contributed by atoms with Crippen LogP contribution in [0.25, 0.3) is 0 Å². The molecule has 2 rings (SSSR count). The molecule has 1 aromatic heterocycles. The number of nitrogens with two attached hydrogens (primary N) is 1. The zero-order valence-electron chi connectivity index (χ0n) is 9.40. The van der Waals surface area contributed by atoms with Gasteiger partial charge < -0.3 is 5.73 Å². The fourth-order valence-electron chi connectivity index (χ4n) is 1.69. The van der Waals surface area contributed by atoms with Gasteiger partial charge in [-0.1, -0.05) is 15.9 Å². The second-order valence-corrected chi connectivity index (χ2v) is 4.85. The average molecular weight is 298 g/mol. The van der Waals surface area contributed by atoms with Crippen LogP contribution in [-0.2, 0) is 13.5 Å². The maximum absolute atomic E-state index is 13.1. The summed E-state index contributed by atoms with van der Waals surface area (Å²) in [5.41, 5.74) is 7.87. The molecule has 0 aliphatic heterocycles. The molecule has 0 radical (unpaired) electrons. The summed E-state index contributed by atoms with van der Waals surface area (Å²) < 4.78 is 15.7. The normalized spacial score (nSPS) is 12.7. The Morgan fingerprint density at radius 1 is 1.53 bits per heavy atom. The van der Waals surface area contributed by atoms with Crippen LogP contribution in [0.5, 0.6) is 0 Å². The molecule has 0 fully saturated rings. The van der Waals surface area contributed by atoms with Crippen LogP contribution in [0.15, 0.2) is 35.1 Å².